The van der Waals surface area contributed by atoms with Crippen LogP contribution in [0.4, 0.5) is 5.69 Å². The molecule has 2 aromatic rings. The van der Waals surface area contributed by atoms with Crippen LogP contribution in [0.3, 0.4) is 0 Å². The topological polar surface area (TPSA) is 82.8 Å². The summed E-state index contributed by atoms with van der Waals surface area (Å²) in [6, 6.07) is 11.2. The summed E-state index contributed by atoms with van der Waals surface area (Å²) < 4.78 is 0. The minimum absolute atomic E-state index is 0. The third kappa shape index (κ3) is 6.14. The fraction of sp³-hybridized carbons (Fsp3) is 0.421. The molecule has 152 valence electrons. The average molecular weight is 515 g/mol. The number of hydrogen-bond donors (Lipinski definition) is 2. The number of nitrogens with one attached hydrogen (secondary N) is 2. The molecule has 0 bridgehead atoms. The Hall–Kier alpha value is -1.72. The molecule has 0 aliphatic carbocycles. The molecule has 2 N–H and O–H groups in total. The Labute approximate surface area is 186 Å². The Morgan fingerprint density at radius 3 is 2.54 bits per heavy atom. The van der Waals surface area contributed by atoms with Gasteiger partial charge in [0.1, 0.15) is 0 Å². The second-order valence-electron chi connectivity index (χ2n) is 6.50. The molecule has 1 aromatic carbocycles. The van der Waals surface area contributed by atoms with Crippen LogP contribution in [0.15, 0.2) is 46.8 Å². The highest BCUT2D eigenvalue weighted by Crippen LogP contribution is 2.27. The average Bonchev–Trinajstić information content (AvgIpc) is 3.39. The van der Waals surface area contributed by atoms with Gasteiger partial charge in [-0.2, -0.15) is 0 Å². The van der Waals surface area contributed by atoms with Crippen molar-refractivity contribution in [2.45, 2.75) is 25.4 Å². The standard InChI is InChI=1S/C19H25N5O2S.HI/c1-20-19(21-13-15-6-8-16(9-7-15)24(25)26)22-14-17(18-5-4-12-27-18)23-10-2-3-11-23;/h4-9,12,17H,2-3,10-11,13-14H2,1H3,(H2,20,21,22);1H. The molecule has 0 saturated carbocycles. The Morgan fingerprint density at radius 1 is 1.25 bits per heavy atom. The van der Waals surface area contributed by atoms with Gasteiger partial charge in [-0.1, -0.05) is 18.2 Å². The smallest absolute Gasteiger partial charge is 0.269 e. The van der Waals surface area contributed by atoms with Crippen molar-refractivity contribution in [3.05, 3.63) is 62.3 Å². The molecule has 0 spiro atoms. The zero-order valence-electron chi connectivity index (χ0n) is 15.8. The monoisotopic (exact) mass is 515 g/mol. The Morgan fingerprint density at radius 2 is 1.96 bits per heavy atom. The quantitative estimate of drug-likeness (QED) is 0.193. The van der Waals surface area contributed by atoms with Gasteiger partial charge in [-0.3, -0.25) is 20.0 Å². The van der Waals surface area contributed by atoms with E-state index in [0.29, 0.717) is 12.6 Å². The lowest BCUT2D eigenvalue weighted by Gasteiger charge is -2.27. The largest absolute Gasteiger partial charge is 0.354 e. The van der Waals surface area contributed by atoms with Crippen molar-refractivity contribution >= 4 is 47.0 Å². The number of aliphatic imine (C=N–C) groups is 1. The maximum Gasteiger partial charge on any atom is 0.269 e. The van der Waals surface area contributed by atoms with E-state index in [4.69, 9.17) is 0 Å². The first-order valence-corrected chi connectivity index (χ1v) is 10.0. The number of benzene rings is 1. The molecule has 1 aliphatic heterocycles. The van der Waals surface area contributed by atoms with E-state index in [2.05, 4.69) is 38.0 Å². The number of nitro groups is 1. The first kappa shape index (κ1) is 22.6. The number of rotatable bonds is 7. The summed E-state index contributed by atoms with van der Waals surface area (Å²) in [5.41, 5.74) is 1.07. The molecule has 1 aliphatic rings. The number of nitrogens with zero attached hydrogens (tertiary/aromatic N) is 3. The zero-order valence-corrected chi connectivity index (χ0v) is 19.0. The van der Waals surface area contributed by atoms with Crippen molar-refractivity contribution in [2.24, 2.45) is 4.99 Å². The van der Waals surface area contributed by atoms with Crippen molar-refractivity contribution < 1.29 is 4.92 Å². The van der Waals surface area contributed by atoms with E-state index in [1.54, 1.807) is 30.5 Å². The summed E-state index contributed by atoms with van der Waals surface area (Å²) in [4.78, 5) is 18.6. The van der Waals surface area contributed by atoms with Gasteiger partial charge < -0.3 is 10.6 Å². The van der Waals surface area contributed by atoms with Crippen molar-refractivity contribution in [1.82, 2.24) is 15.5 Å². The van der Waals surface area contributed by atoms with Gasteiger partial charge >= 0.3 is 0 Å². The molecular formula is C19H26IN5O2S. The normalized spacial score (nSPS) is 15.7. The molecule has 28 heavy (non-hydrogen) atoms. The molecule has 0 radical (unpaired) electrons. The third-order valence-corrected chi connectivity index (χ3v) is 5.72. The van der Waals surface area contributed by atoms with Gasteiger partial charge in [-0.15, -0.1) is 35.3 Å². The summed E-state index contributed by atoms with van der Waals surface area (Å²) >= 11 is 1.79. The predicted octanol–water partition coefficient (Wildman–Crippen LogP) is 3.78. The van der Waals surface area contributed by atoms with Gasteiger partial charge in [-0.25, -0.2) is 0 Å². The predicted molar refractivity (Wildman–Crippen MR) is 125 cm³/mol. The van der Waals surface area contributed by atoms with E-state index in [-0.39, 0.29) is 34.6 Å². The molecule has 1 saturated heterocycles. The highest BCUT2D eigenvalue weighted by Gasteiger charge is 2.24. The molecular weight excluding hydrogens is 489 g/mol. The van der Waals surface area contributed by atoms with Gasteiger partial charge in [0.15, 0.2) is 5.96 Å². The number of hydrogen-bond acceptors (Lipinski definition) is 5. The number of guanidine groups is 1. The maximum absolute atomic E-state index is 10.7. The van der Waals surface area contributed by atoms with E-state index in [9.17, 15) is 10.1 Å². The van der Waals surface area contributed by atoms with Crippen LogP contribution in [-0.4, -0.2) is 42.5 Å². The Bertz CT molecular complexity index is 761. The van der Waals surface area contributed by atoms with Gasteiger partial charge in [0.05, 0.1) is 11.0 Å². The summed E-state index contributed by atoms with van der Waals surface area (Å²) in [5.74, 6) is 0.731. The lowest BCUT2D eigenvalue weighted by molar-refractivity contribution is -0.384. The van der Waals surface area contributed by atoms with Crippen molar-refractivity contribution in [1.29, 1.82) is 0 Å². The molecule has 1 unspecified atom stereocenters. The Balaban J connectivity index is 0.00000280. The molecule has 9 heteroatoms. The van der Waals surface area contributed by atoms with Crippen LogP contribution in [0.25, 0.3) is 0 Å². The SMILES string of the molecule is CN=C(NCc1ccc([N+](=O)[O-])cc1)NCC(c1cccs1)N1CCCC1.I. The van der Waals surface area contributed by atoms with Gasteiger partial charge in [-0.05, 0) is 42.9 Å². The van der Waals surface area contributed by atoms with E-state index in [1.807, 2.05) is 0 Å². The summed E-state index contributed by atoms with van der Waals surface area (Å²) in [6.45, 7) is 3.63. The number of halogens is 1. The van der Waals surface area contributed by atoms with Gasteiger partial charge in [0, 0.05) is 37.1 Å². The highest BCUT2D eigenvalue weighted by atomic mass is 127. The minimum atomic E-state index is -0.388. The molecule has 1 fully saturated rings. The van der Waals surface area contributed by atoms with Crippen molar-refractivity contribution in [3.8, 4) is 0 Å². The molecule has 1 atom stereocenters. The molecule has 1 aromatic heterocycles. The first-order chi connectivity index (χ1) is 13.2. The summed E-state index contributed by atoms with van der Waals surface area (Å²) in [7, 11) is 1.75. The number of nitro benzene ring substituents is 1. The van der Waals surface area contributed by atoms with E-state index in [0.717, 1.165) is 31.2 Å². The molecule has 3 rings (SSSR count). The molecule has 7 nitrogen and oxygen atoms in total. The number of thiophene rings is 1. The van der Waals surface area contributed by atoms with Crippen molar-refractivity contribution in [3.63, 3.8) is 0 Å². The lowest BCUT2D eigenvalue weighted by Crippen LogP contribution is -2.42. The molecule has 2 heterocycles. The van der Waals surface area contributed by atoms with Crippen LogP contribution in [0.2, 0.25) is 0 Å². The van der Waals surface area contributed by atoms with E-state index in [1.165, 1.54) is 29.9 Å². The molecule has 0 amide bonds. The third-order valence-electron chi connectivity index (χ3n) is 4.75. The van der Waals surface area contributed by atoms with E-state index >= 15 is 0 Å². The van der Waals surface area contributed by atoms with Crippen LogP contribution in [0.5, 0.6) is 0 Å². The maximum atomic E-state index is 10.7. The summed E-state index contributed by atoms with van der Waals surface area (Å²) in [6.07, 6.45) is 2.52. The van der Waals surface area contributed by atoms with Crippen LogP contribution in [-0.2, 0) is 6.54 Å². The number of likely N-dealkylation sites (tertiary alicyclic amines) is 1. The van der Waals surface area contributed by atoms with Crippen molar-refractivity contribution in [2.75, 3.05) is 26.7 Å². The van der Waals surface area contributed by atoms with Gasteiger partial charge in [0.2, 0.25) is 0 Å². The summed E-state index contributed by atoms with van der Waals surface area (Å²) in [5, 5.41) is 19.6. The second-order valence-corrected chi connectivity index (χ2v) is 7.48. The first-order valence-electron chi connectivity index (χ1n) is 9.12. The second kappa shape index (κ2) is 11.3. The highest BCUT2D eigenvalue weighted by molar-refractivity contribution is 14.0. The van der Waals surface area contributed by atoms with Crippen LogP contribution in [0, 0.1) is 10.1 Å². The number of non-ortho nitro benzene ring substituents is 1. The minimum Gasteiger partial charge on any atom is -0.354 e. The fourth-order valence-corrected chi connectivity index (χ4v) is 4.14. The Kier molecular flexibility index (Phi) is 9.13. The van der Waals surface area contributed by atoms with E-state index < -0.39 is 0 Å². The van der Waals surface area contributed by atoms with Crippen LogP contribution < -0.4 is 10.6 Å². The lowest BCUT2D eigenvalue weighted by atomic mass is 10.2. The van der Waals surface area contributed by atoms with Crippen LogP contribution >= 0.6 is 35.3 Å². The van der Waals surface area contributed by atoms with Gasteiger partial charge in [0.25, 0.3) is 5.69 Å². The fourth-order valence-electron chi connectivity index (χ4n) is 3.28. The zero-order chi connectivity index (χ0) is 19.1. The van der Waals surface area contributed by atoms with Crippen LogP contribution in [0.1, 0.15) is 29.3 Å².